The Balaban J connectivity index is 1.96. The number of aromatic nitrogens is 5. The number of hydrogen-bond acceptors (Lipinski definition) is 3. The van der Waals surface area contributed by atoms with Gasteiger partial charge in [0.05, 0.1) is 34.6 Å². The normalized spacial score (nSPS) is 12.1. The van der Waals surface area contributed by atoms with Gasteiger partial charge in [0.25, 0.3) is 0 Å². The average Bonchev–Trinajstić information content (AvgIpc) is 3.21. The first-order valence-electron chi connectivity index (χ1n) is 9.31. The second-order valence-electron chi connectivity index (χ2n) is 6.96. The van der Waals surface area contributed by atoms with E-state index in [9.17, 15) is 13.2 Å². The van der Waals surface area contributed by atoms with E-state index in [1.165, 1.54) is 4.68 Å². The molecule has 0 unspecified atom stereocenters. The molecule has 0 fully saturated rings. The van der Waals surface area contributed by atoms with Gasteiger partial charge in [-0.1, -0.05) is 30.3 Å². The molecule has 0 aliphatic rings. The van der Waals surface area contributed by atoms with E-state index in [0.29, 0.717) is 30.0 Å². The summed E-state index contributed by atoms with van der Waals surface area (Å²) in [6, 6.07) is 10.6. The zero-order valence-electron chi connectivity index (χ0n) is 16.3. The van der Waals surface area contributed by atoms with Gasteiger partial charge in [-0.3, -0.25) is 4.68 Å². The number of hydrogen-bond donors (Lipinski definition) is 0. The predicted octanol–water partition coefficient (Wildman–Crippen LogP) is 5.00. The zero-order chi connectivity index (χ0) is 20.8. The molecule has 3 aromatic heterocycles. The van der Waals surface area contributed by atoms with Crippen molar-refractivity contribution in [3.05, 3.63) is 65.1 Å². The van der Waals surface area contributed by atoms with Crippen LogP contribution < -0.4 is 0 Å². The van der Waals surface area contributed by atoms with Crippen LogP contribution >= 0.6 is 0 Å². The van der Waals surface area contributed by atoms with E-state index in [-0.39, 0.29) is 16.7 Å². The standard InChI is InChI=1S/C21H20F3N5/c1-4-28-12-16(13(2)26-28)18-10-17(21(22,23)24)19-14(3)27-29(20(19)25-18)11-15-8-6-5-7-9-15/h5-10,12H,4,11H2,1-3H3. The van der Waals surface area contributed by atoms with Crippen LogP contribution in [0.3, 0.4) is 0 Å². The summed E-state index contributed by atoms with van der Waals surface area (Å²) in [5, 5.41) is 8.76. The summed E-state index contributed by atoms with van der Waals surface area (Å²) < 4.78 is 45.0. The fourth-order valence-electron chi connectivity index (χ4n) is 3.51. The van der Waals surface area contributed by atoms with Crippen molar-refractivity contribution in [1.29, 1.82) is 0 Å². The zero-order valence-corrected chi connectivity index (χ0v) is 16.3. The highest BCUT2D eigenvalue weighted by Gasteiger charge is 2.36. The Labute approximate surface area is 165 Å². The Bertz CT molecular complexity index is 1170. The quantitative estimate of drug-likeness (QED) is 0.485. The van der Waals surface area contributed by atoms with Gasteiger partial charge < -0.3 is 0 Å². The molecule has 4 rings (SSSR count). The fraction of sp³-hybridized carbons (Fsp3) is 0.286. The molecule has 1 aromatic carbocycles. The second kappa shape index (κ2) is 7.02. The molecule has 0 saturated heterocycles. The highest BCUT2D eigenvalue weighted by molar-refractivity contribution is 5.86. The predicted molar refractivity (Wildman–Crippen MR) is 104 cm³/mol. The van der Waals surface area contributed by atoms with Crippen LogP contribution in [0.5, 0.6) is 0 Å². The first kappa shape index (κ1) is 19.2. The van der Waals surface area contributed by atoms with Crippen LogP contribution in [0.2, 0.25) is 0 Å². The van der Waals surface area contributed by atoms with E-state index in [4.69, 9.17) is 0 Å². The summed E-state index contributed by atoms with van der Waals surface area (Å²) in [5.74, 6) is 0. The van der Waals surface area contributed by atoms with Crippen LogP contribution in [0.1, 0.15) is 29.4 Å². The van der Waals surface area contributed by atoms with E-state index in [2.05, 4.69) is 15.2 Å². The van der Waals surface area contributed by atoms with Crippen molar-refractivity contribution in [3.8, 4) is 11.3 Å². The molecule has 0 radical (unpaired) electrons. The molecule has 150 valence electrons. The maximum Gasteiger partial charge on any atom is 0.417 e. The topological polar surface area (TPSA) is 48.5 Å². The maximum atomic E-state index is 13.9. The molecule has 5 nitrogen and oxygen atoms in total. The van der Waals surface area contributed by atoms with Crippen molar-refractivity contribution in [1.82, 2.24) is 24.5 Å². The molecule has 0 N–H and O–H groups in total. The van der Waals surface area contributed by atoms with Crippen molar-refractivity contribution < 1.29 is 13.2 Å². The minimum Gasteiger partial charge on any atom is -0.272 e. The summed E-state index contributed by atoms with van der Waals surface area (Å²) in [4.78, 5) is 4.59. The first-order valence-corrected chi connectivity index (χ1v) is 9.31. The largest absolute Gasteiger partial charge is 0.417 e. The third-order valence-corrected chi connectivity index (χ3v) is 4.90. The van der Waals surface area contributed by atoms with Crippen molar-refractivity contribution in [2.45, 2.75) is 40.0 Å². The van der Waals surface area contributed by atoms with Gasteiger partial charge in [0, 0.05) is 18.3 Å². The van der Waals surface area contributed by atoms with Gasteiger partial charge in [-0.2, -0.15) is 23.4 Å². The van der Waals surface area contributed by atoms with E-state index in [1.54, 1.807) is 24.7 Å². The van der Waals surface area contributed by atoms with Gasteiger partial charge in [-0.25, -0.2) is 9.67 Å². The Hall–Kier alpha value is -3.16. The van der Waals surface area contributed by atoms with Gasteiger partial charge >= 0.3 is 6.18 Å². The SMILES string of the molecule is CCn1cc(-c2cc(C(F)(F)F)c3c(C)nn(Cc4ccccc4)c3n2)c(C)n1. The maximum absolute atomic E-state index is 13.9. The van der Waals surface area contributed by atoms with Gasteiger partial charge in [-0.05, 0) is 32.4 Å². The molecule has 0 aliphatic heterocycles. The average molecular weight is 399 g/mol. The molecule has 0 aliphatic carbocycles. The van der Waals surface area contributed by atoms with E-state index in [1.807, 2.05) is 37.3 Å². The lowest BCUT2D eigenvalue weighted by molar-refractivity contribution is -0.136. The van der Waals surface area contributed by atoms with E-state index < -0.39 is 11.7 Å². The van der Waals surface area contributed by atoms with Crippen LogP contribution in [-0.2, 0) is 19.3 Å². The Morgan fingerprint density at radius 2 is 1.72 bits per heavy atom. The summed E-state index contributed by atoms with van der Waals surface area (Å²) in [5.41, 5.74) is 2.21. The Morgan fingerprint density at radius 3 is 2.34 bits per heavy atom. The summed E-state index contributed by atoms with van der Waals surface area (Å²) in [6.07, 6.45) is -2.79. The third kappa shape index (κ3) is 3.50. The number of fused-ring (bicyclic) bond motifs is 1. The lowest BCUT2D eigenvalue weighted by atomic mass is 10.1. The molecule has 29 heavy (non-hydrogen) atoms. The van der Waals surface area contributed by atoms with Crippen molar-refractivity contribution >= 4 is 11.0 Å². The molecule has 0 atom stereocenters. The van der Waals surface area contributed by atoms with Gasteiger partial charge in [0.15, 0.2) is 5.65 Å². The molecule has 4 aromatic rings. The number of pyridine rings is 1. The van der Waals surface area contributed by atoms with Gasteiger partial charge in [0.1, 0.15) is 0 Å². The lowest BCUT2D eigenvalue weighted by Gasteiger charge is -2.11. The number of benzene rings is 1. The van der Waals surface area contributed by atoms with Crippen molar-refractivity contribution in [2.75, 3.05) is 0 Å². The van der Waals surface area contributed by atoms with E-state index in [0.717, 1.165) is 11.6 Å². The smallest absolute Gasteiger partial charge is 0.272 e. The van der Waals surface area contributed by atoms with Gasteiger partial charge in [-0.15, -0.1) is 0 Å². The number of aryl methyl sites for hydroxylation is 3. The van der Waals surface area contributed by atoms with Crippen LogP contribution in [0.15, 0.2) is 42.6 Å². The molecular formula is C21H20F3N5. The fourth-order valence-corrected chi connectivity index (χ4v) is 3.51. The molecule has 0 bridgehead atoms. The van der Waals surface area contributed by atoms with Crippen molar-refractivity contribution in [3.63, 3.8) is 0 Å². The highest BCUT2D eigenvalue weighted by Crippen LogP contribution is 2.38. The van der Waals surface area contributed by atoms with Crippen LogP contribution in [-0.4, -0.2) is 24.5 Å². The molecule has 0 saturated carbocycles. The number of alkyl halides is 3. The van der Waals surface area contributed by atoms with E-state index >= 15 is 0 Å². The molecule has 0 amide bonds. The second-order valence-corrected chi connectivity index (χ2v) is 6.96. The van der Waals surface area contributed by atoms with Crippen LogP contribution in [0.4, 0.5) is 13.2 Å². The molecule has 0 spiro atoms. The number of nitrogens with zero attached hydrogens (tertiary/aromatic N) is 5. The highest BCUT2D eigenvalue weighted by atomic mass is 19.4. The minimum atomic E-state index is -4.52. The molecular weight excluding hydrogens is 379 g/mol. The Morgan fingerprint density at radius 1 is 1.00 bits per heavy atom. The van der Waals surface area contributed by atoms with Crippen LogP contribution in [0, 0.1) is 13.8 Å². The summed E-state index contributed by atoms with van der Waals surface area (Å²) in [6.45, 7) is 6.24. The van der Waals surface area contributed by atoms with Gasteiger partial charge in [0.2, 0.25) is 0 Å². The lowest BCUT2D eigenvalue weighted by Crippen LogP contribution is -2.08. The molecule has 3 heterocycles. The number of rotatable bonds is 4. The van der Waals surface area contributed by atoms with Crippen LogP contribution in [0.25, 0.3) is 22.3 Å². The monoisotopic (exact) mass is 399 g/mol. The van der Waals surface area contributed by atoms with Crippen molar-refractivity contribution in [2.24, 2.45) is 0 Å². The third-order valence-electron chi connectivity index (χ3n) is 4.90. The number of halogens is 3. The first-order chi connectivity index (χ1) is 13.8. The summed E-state index contributed by atoms with van der Waals surface area (Å²) >= 11 is 0. The summed E-state index contributed by atoms with van der Waals surface area (Å²) in [7, 11) is 0. The Kier molecular flexibility index (Phi) is 4.64. The molecule has 8 heteroatoms. The minimum absolute atomic E-state index is 0.0396.